The minimum absolute atomic E-state index is 0.229. The van der Waals surface area contributed by atoms with Gasteiger partial charge in [0.05, 0.1) is 24.3 Å². The van der Waals surface area contributed by atoms with E-state index in [1.165, 1.54) is 6.21 Å². The largest absolute Gasteiger partial charge is 0.618 e. The van der Waals surface area contributed by atoms with Gasteiger partial charge in [0.1, 0.15) is 5.75 Å². The molecule has 0 heterocycles. The first-order valence-corrected chi connectivity index (χ1v) is 9.89. The lowest BCUT2D eigenvalue weighted by Crippen LogP contribution is -2.06. The number of carbonyl (C=O) groups is 2. The lowest BCUT2D eigenvalue weighted by atomic mass is 10.1. The normalized spacial score (nSPS) is 11.2. The Balaban J connectivity index is 2.11. The molecule has 0 aromatic heterocycles. The fourth-order valence-electron chi connectivity index (χ4n) is 2.65. The molecule has 29 heavy (non-hydrogen) atoms. The van der Waals surface area contributed by atoms with Crippen LogP contribution in [0, 0.1) is 5.21 Å². The maximum absolute atomic E-state index is 12.5. The van der Waals surface area contributed by atoms with E-state index in [0.29, 0.717) is 41.1 Å². The molecule has 154 valence electrons. The molecule has 0 saturated carbocycles. The van der Waals surface area contributed by atoms with Crippen LogP contribution in [0.1, 0.15) is 65.8 Å². The van der Waals surface area contributed by atoms with E-state index in [2.05, 4.69) is 6.92 Å². The highest BCUT2D eigenvalue weighted by molar-refractivity contribution is 5.90. The monoisotopic (exact) mass is 397 g/mol. The highest BCUT2D eigenvalue weighted by Gasteiger charge is 2.12. The van der Waals surface area contributed by atoms with Crippen LogP contribution in [0.15, 0.2) is 42.5 Å². The van der Waals surface area contributed by atoms with Crippen molar-refractivity contribution < 1.29 is 23.8 Å². The van der Waals surface area contributed by atoms with E-state index in [1.54, 1.807) is 42.5 Å². The fourth-order valence-corrected chi connectivity index (χ4v) is 2.65. The average Bonchev–Trinajstić information content (AvgIpc) is 2.75. The second kappa shape index (κ2) is 11.6. The summed E-state index contributed by atoms with van der Waals surface area (Å²) < 4.78 is 11.3. The average molecular weight is 397 g/mol. The number of rotatable bonds is 11. The zero-order valence-corrected chi connectivity index (χ0v) is 16.9. The van der Waals surface area contributed by atoms with Crippen molar-refractivity contribution in [1.82, 2.24) is 0 Å². The van der Waals surface area contributed by atoms with E-state index in [4.69, 9.17) is 9.47 Å². The Morgan fingerprint density at radius 3 is 2.45 bits per heavy atom. The van der Waals surface area contributed by atoms with Crippen LogP contribution in [0.2, 0.25) is 0 Å². The first-order chi connectivity index (χ1) is 14.1. The third-order valence-electron chi connectivity index (χ3n) is 4.23. The van der Waals surface area contributed by atoms with Gasteiger partial charge in [0.15, 0.2) is 12.5 Å². The molecule has 0 spiro atoms. The Bertz CT molecular complexity index is 843. The fraction of sp³-hybridized carbons (Fsp3) is 0.348. The van der Waals surface area contributed by atoms with Crippen LogP contribution in [-0.4, -0.2) is 36.4 Å². The topological polar surface area (TPSA) is 78.7 Å². The predicted octanol–water partition coefficient (Wildman–Crippen LogP) is 4.90. The van der Waals surface area contributed by atoms with E-state index in [1.807, 2.05) is 6.92 Å². The molecule has 6 heteroatoms. The smallest absolute Gasteiger partial charge is 0.338 e. The third-order valence-corrected chi connectivity index (χ3v) is 4.23. The molecule has 6 nitrogen and oxygen atoms in total. The number of carbonyl (C=O) groups excluding carboxylic acids is 2. The standard InChI is InChI=1S/C23H27NO5/c1-3-5-6-14-28-21-11-12-22(20(15-21)17-25)24(27)16-18-7-9-19(10-8-18)23(26)29-13-4-2/h7-12,15-17H,3-6,13-14H2,1-2H3. The van der Waals surface area contributed by atoms with E-state index < -0.39 is 5.97 Å². The maximum Gasteiger partial charge on any atom is 0.338 e. The van der Waals surface area contributed by atoms with Gasteiger partial charge in [-0.1, -0.05) is 26.7 Å². The number of nitrogens with zero attached hydrogens (tertiary/aromatic N) is 1. The number of benzene rings is 2. The lowest BCUT2D eigenvalue weighted by Gasteiger charge is -2.09. The minimum atomic E-state index is -0.393. The summed E-state index contributed by atoms with van der Waals surface area (Å²) >= 11 is 0. The van der Waals surface area contributed by atoms with Crippen LogP contribution in [-0.2, 0) is 4.74 Å². The van der Waals surface area contributed by atoms with Gasteiger partial charge in [-0.3, -0.25) is 4.79 Å². The molecule has 0 aliphatic rings. The van der Waals surface area contributed by atoms with Crippen LogP contribution < -0.4 is 4.74 Å². The van der Waals surface area contributed by atoms with Crippen molar-refractivity contribution in [3.05, 3.63) is 64.4 Å². The van der Waals surface area contributed by atoms with Gasteiger partial charge in [0, 0.05) is 11.6 Å². The third kappa shape index (κ3) is 6.75. The Hall–Kier alpha value is -3.15. The van der Waals surface area contributed by atoms with Gasteiger partial charge >= 0.3 is 5.97 Å². The Morgan fingerprint density at radius 1 is 1.03 bits per heavy atom. The zero-order valence-electron chi connectivity index (χ0n) is 16.9. The molecule has 0 amide bonds. The van der Waals surface area contributed by atoms with E-state index >= 15 is 0 Å². The van der Waals surface area contributed by atoms with Gasteiger partial charge in [-0.2, -0.15) is 4.74 Å². The summed E-state index contributed by atoms with van der Waals surface area (Å²) in [5.74, 6) is 0.172. The van der Waals surface area contributed by atoms with Crippen molar-refractivity contribution in [2.45, 2.75) is 39.5 Å². The van der Waals surface area contributed by atoms with E-state index in [9.17, 15) is 14.8 Å². The van der Waals surface area contributed by atoms with Crippen LogP contribution in [0.3, 0.4) is 0 Å². The summed E-state index contributed by atoms with van der Waals surface area (Å²) in [5, 5.41) is 12.5. The lowest BCUT2D eigenvalue weighted by molar-refractivity contribution is -0.354. The van der Waals surface area contributed by atoms with Gasteiger partial charge in [-0.15, -0.1) is 0 Å². The van der Waals surface area contributed by atoms with E-state index in [-0.39, 0.29) is 11.3 Å². The summed E-state index contributed by atoms with van der Waals surface area (Å²) in [6.07, 6.45) is 5.87. The molecule has 2 aromatic carbocycles. The second-order valence-corrected chi connectivity index (χ2v) is 6.61. The summed E-state index contributed by atoms with van der Waals surface area (Å²) in [5.41, 5.74) is 1.51. The number of aldehydes is 1. The molecular formula is C23H27NO5. The summed E-state index contributed by atoms with van der Waals surface area (Å²) in [7, 11) is 0. The molecule has 0 radical (unpaired) electrons. The molecule has 0 saturated heterocycles. The highest BCUT2D eigenvalue weighted by atomic mass is 16.5. The molecule has 0 bridgehead atoms. The number of ether oxygens (including phenoxy) is 2. The number of unbranched alkanes of at least 4 members (excludes halogenated alkanes) is 2. The van der Waals surface area contributed by atoms with Crippen molar-refractivity contribution in [3.63, 3.8) is 0 Å². The van der Waals surface area contributed by atoms with Crippen molar-refractivity contribution in [2.24, 2.45) is 0 Å². The van der Waals surface area contributed by atoms with Gasteiger partial charge in [-0.25, -0.2) is 4.79 Å². The molecule has 0 fully saturated rings. The molecule has 0 N–H and O–H groups in total. The van der Waals surface area contributed by atoms with Crippen LogP contribution >= 0.6 is 0 Å². The SMILES string of the molecule is CCCCCOc1ccc([N+]([O-])=Cc2ccc(C(=O)OCCC)cc2)c(C=O)c1. The summed E-state index contributed by atoms with van der Waals surface area (Å²) in [6, 6.07) is 11.3. The predicted molar refractivity (Wildman–Crippen MR) is 112 cm³/mol. The number of hydrogen-bond acceptors (Lipinski definition) is 5. The summed E-state index contributed by atoms with van der Waals surface area (Å²) in [4.78, 5) is 23.3. The molecule has 0 aliphatic carbocycles. The van der Waals surface area contributed by atoms with Crippen LogP contribution in [0.5, 0.6) is 5.75 Å². The van der Waals surface area contributed by atoms with Gasteiger partial charge in [-0.05, 0) is 49.2 Å². The molecule has 2 rings (SSSR count). The Labute approximate surface area is 171 Å². The van der Waals surface area contributed by atoms with E-state index in [0.717, 1.165) is 25.7 Å². The maximum atomic E-state index is 12.5. The molecular weight excluding hydrogens is 370 g/mol. The number of esters is 1. The Morgan fingerprint density at radius 2 is 1.79 bits per heavy atom. The molecule has 0 atom stereocenters. The Kier molecular flexibility index (Phi) is 8.89. The minimum Gasteiger partial charge on any atom is -0.618 e. The number of hydrogen-bond donors (Lipinski definition) is 0. The van der Waals surface area contributed by atoms with Crippen molar-refractivity contribution in [2.75, 3.05) is 13.2 Å². The zero-order chi connectivity index (χ0) is 21.1. The van der Waals surface area contributed by atoms with Gasteiger partial charge in [0.25, 0.3) is 0 Å². The van der Waals surface area contributed by atoms with Crippen molar-refractivity contribution in [3.8, 4) is 5.75 Å². The quantitative estimate of drug-likeness (QED) is 0.103. The van der Waals surface area contributed by atoms with Crippen molar-refractivity contribution >= 4 is 24.2 Å². The second-order valence-electron chi connectivity index (χ2n) is 6.61. The van der Waals surface area contributed by atoms with Crippen LogP contribution in [0.25, 0.3) is 0 Å². The highest BCUT2D eigenvalue weighted by Crippen LogP contribution is 2.23. The van der Waals surface area contributed by atoms with Crippen molar-refractivity contribution in [1.29, 1.82) is 0 Å². The molecule has 0 aliphatic heterocycles. The molecule has 2 aromatic rings. The van der Waals surface area contributed by atoms with Gasteiger partial charge in [0.2, 0.25) is 5.69 Å². The van der Waals surface area contributed by atoms with Crippen LogP contribution in [0.4, 0.5) is 5.69 Å². The summed E-state index contributed by atoms with van der Waals surface area (Å²) in [6.45, 7) is 4.98. The first kappa shape index (κ1) is 22.1. The van der Waals surface area contributed by atoms with Gasteiger partial charge < -0.3 is 14.7 Å². The molecule has 0 unspecified atom stereocenters. The first-order valence-electron chi connectivity index (χ1n) is 9.89.